The van der Waals surface area contributed by atoms with Crippen LogP contribution >= 0.6 is 0 Å². The predicted octanol–water partition coefficient (Wildman–Crippen LogP) is 3.15. The molecule has 0 saturated carbocycles. The van der Waals surface area contributed by atoms with Crippen molar-refractivity contribution in [2.75, 3.05) is 25.0 Å². The SMILES string of the molecule is CCCNc1ccc([N+](=O)[O-])cc1CN(CC)CCC#N. The number of rotatable bonds is 9. The fourth-order valence-corrected chi connectivity index (χ4v) is 2.05. The molecular formula is C15H22N4O2. The molecule has 0 unspecified atom stereocenters. The van der Waals surface area contributed by atoms with Gasteiger partial charge in [0, 0.05) is 43.9 Å². The first-order valence-corrected chi connectivity index (χ1v) is 7.22. The summed E-state index contributed by atoms with van der Waals surface area (Å²) in [6.45, 7) is 7.00. The van der Waals surface area contributed by atoms with Gasteiger partial charge in [0.05, 0.1) is 11.0 Å². The lowest BCUT2D eigenvalue weighted by atomic mass is 10.1. The van der Waals surface area contributed by atoms with E-state index in [1.54, 1.807) is 12.1 Å². The van der Waals surface area contributed by atoms with Crippen molar-refractivity contribution in [3.8, 4) is 6.07 Å². The monoisotopic (exact) mass is 290 g/mol. The zero-order valence-electron chi connectivity index (χ0n) is 12.6. The number of nitro groups is 1. The van der Waals surface area contributed by atoms with Gasteiger partial charge in [-0.2, -0.15) is 5.26 Å². The highest BCUT2D eigenvalue weighted by molar-refractivity contribution is 5.56. The van der Waals surface area contributed by atoms with Crippen LogP contribution < -0.4 is 5.32 Å². The molecule has 0 atom stereocenters. The third kappa shape index (κ3) is 5.40. The van der Waals surface area contributed by atoms with E-state index >= 15 is 0 Å². The van der Waals surface area contributed by atoms with Gasteiger partial charge in [-0.3, -0.25) is 15.0 Å². The highest BCUT2D eigenvalue weighted by Crippen LogP contribution is 2.23. The van der Waals surface area contributed by atoms with Crippen LogP contribution in [0.15, 0.2) is 18.2 Å². The Hall–Kier alpha value is -2.13. The van der Waals surface area contributed by atoms with Gasteiger partial charge in [-0.25, -0.2) is 0 Å². The van der Waals surface area contributed by atoms with Crippen LogP contribution in [0.25, 0.3) is 0 Å². The van der Waals surface area contributed by atoms with Crippen molar-refractivity contribution < 1.29 is 4.92 Å². The lowest BCUT2D eigenvalue weighted by molar-refractivity contribution is -0.384. The summed E-state index contributed by atoms with van der Waals surface area (Å²) in [4.78, 5) is 12.7. The quantitative estimate of drug-likeness (QED) is 0.558. The molecule has 0 aromatic heterocycles. The van der Waals surface area contributed by atoms with Crippen LogP contribution in [-0.2, 0) is 6.54 Å². The predicted molar refractivity (Wildman–Crippen MR) is 83.1 cm³/mol. The zero-order chi connectivity index (χ0) is 15.7. The number of hydrogen-bond donors (Lipinski definition) is 1. The standard InChI is InChI=1S/C15H22N4O2/c1-3-9-17-15-7-6-14(19(20)21)11-13(15)12-18(4-2)10-5-8-16/h6-7,11,17H,3-5,9-10,12H2,1-2H3. The molecule has 6 heteroatoms. The van der Waals surface area contributed by atoms with Gasteiger partial charge in [0.25, 0.3) is 5.69 Å². The van der Waals surface area contributed by atoms with Crippen LogP contribution in [0.2, 0.25) is 0 Å². The summed E-state index contributed by atoms with van der Waals surface area (Å²) in [5.41, 5.74) is 1.93. The highest BCUT2D eigenvalue weighted by atomic mass is 16.6. The smallest absolute Gasteiger partial charge is 0.269 e. The van der Waals surface area contributed by atoms with Gasteiger partial charge in [-0.15, -0.1) is 0 Å². The second kappa shape index (κ2) is 8.93. The lowest BCUT2D eigenvalue weighted by Crippen LogP contribution is -2.24. The number of nitrogens with zero attached hydrogens (tertiary/aromatic N) is 3. The molecule has 0 bridgehead atoms. The highest BCUT2D eigenvalue weighted by Gasteiger charge is 2.13. The molecule has 0 aliphatic rings. The van der Waals surface area contributed by atoms with E-state index in [1.165, 1.54) is 6.07 Å². The van der Waals surface area contributed by atoms with Crippen LogP contribution in [0.3, 0.4) is 0 Å². The van der Waals surface area contributed by atoms with E-state index in [4.69, 9.17) is 5.26 Å². The second-order valence-corrected chi connectivity index (χ2v) is 4.80. The average molecular weight is 290 g/mol. The van der Waals surface area contributed by atoms with Gasteiger partial charge in [0.1, 0.15) is 0 Å². The van der Waals surface area contributed by atoms with E-state index in [0.29, 0.717) is 19.5 Å². The molecule has 1 N–H and O–H groups in total. The summed E-state index contributed by atoms with van der Waals surface area (Å²) >= 11 is 0. The molecule has 6 nitrogen and oxygen atoms in total. The van der Waals surface area contributed by atoms with Crippen LogP contribution in [0.5, 0.6) is 0 Å². The molecule has 0 fully saturated rings. The summed E-state index contributed by atoms with van der Waals surface area (Å²) in [6, 6.07) is 7.04. The van der Waals surface area contributed by atoms with Gasteiger partial charge in [-0.1, -0.05) is 13.8 Å². The Morgan fingerprint density at radius 1 is 1.43 bits per heavy atom. The van der Waals surface area contributed by atoms with Crippen molar-refractivity contribution in [3.63, 3.8) is 0 Å². The van der Waals surface area contributed by atoms with E-state index in [1.807, 2.05) is 6.92 Å². The third-order valence-corrected chi connectivity index (χ3v) is 3.25. The molecular weight excluding hydrogens is 268 g/mol. The molecule has 0 aliphatic carbocycles. The van der Waals surface area contributed by atoms with E-state index in [9.17, 15) is 10.1 Å². The van der Waals surface area contributed by atoms with E-state index < -0.39 is 0 Å². The van der Waals surface area contributed by atoms with Crippen molar-refractivity contribution in [2.24, 2.45) is 0 Å². The summed E-state index contributed by atoms with van der Waals surface area (Å²) in [5.74, 6) is 0. The molecule has 1 aromatic rings. The number of nitriles is 1. The molecule has 0 aliphatic heterocycles. The minimum Gasteiger partial charge on any atom is -0.385 e. The van der Waals surface area contributed by atoms with Gasteiger partial charge in [0.2, 0.25) is 0 Å². The van der Waals surface area contributed by atoms with E-state index in [-0.39, 0.29) is 10.6 Å². The summed E-state index contributed by atoms with van der Waals surface area (Å²) < 4.78 is 0. The molecule has 0 saturated heterocycles. The number of nitrogens with one attached hydrogen (secondary N) is 1. The fourth-order valence-electron chi connectivity index (χ4n) is 2.05. The average Bonchev–Trinajstić information content (AvgIpc) is 2.49. The Balaban J connectivity index is 2.95. The topological polar surface area (TPSA) is 82.2 Å². The Morgan fingerprint density at radius 3 is 2.76 bits per heavy atom. The first kappa shape index (κ1) is 16.9. The summed E-state index contributed by atoms with van der Waals surface area (Å²) in [6.07, 6.45) is 1.45. The minimum atomic E-state index is -0.376. The molecule has 21 heavy (non-hydrogen) atoms. The maximum Gasteiger partial charge on any atom is 0.269 e. The Labute approximate surface area is 125 Å². The normalized spacial score (nSPS) is 10.4. The molecule has 0 amide bonds. The second-order valence-electron chi connectivity index (χ2n) is 4.80. The minimum absolute atomic E-state index is 0.100. The zero-order valence-corrected chi connectivity index (χ0v) is 12.6. The van der Waals surface area contributed by atoms with Gasteiger partial charge in [-0.05, 0) is 24.6 Å². The number of anilines is 1. The van der Waals surface area contributed by atoms with Crippen molar-refractivity contribution in [3.05, 3.63) is 33.9 Å². The molecule has 0 spiro atoms. The molecule has 0 radical (unpaired) electrons. The molecule has 1 aromatic carbocycles. The van der Waals surface area contributed by atoms with Crippen LogP contribution in [0, 0.1) is 21.4 Å². The Kier molecular flexibility index (Phi) is 7.19. The lowest BCUT2D eigenvalue weighted by Gasteiger charge is -2.21. The Bertz CT molecular complexity index is 511. The van der Waals surface area contributed by atoms with E-state index in [0.717, 1.165) is 30.8 Å². The molecule has 114 valence electrons. The number of nitro benzene ring substituents is 1. The summed E-state index contributed by atoms with van der Waals surface area (Å²) in [7, 11) is 0. The van der Waals surface area contributed by atoms with E-state index in [2.05, 4.69) is 23.2 Å². The van der Waals surface area contributed by atoms with Gasteiger partial charge >= 0.3 is 0 Å². The Morgan fingerprint density at radius 2 is 2.19 bits per heavy atom. The van der Waals surface area contributed by atoms with Crippen molar-refractivity contribution in [2.45, 2.75) is 33.2 Å². The first-order chi connectivity index (χ1) is 10.1. The van der Waals surface area contributed by atoms with Gasteiger partial charge in [0.15, 0.2) is 0 Å². The molecule has 0 heterocycles. The number of non-ortho nitro benzene ring substituents is 1. The third-order valence-electron chi connectivity index (χ3n) is 3.25. The van der Waals surface area contributed by atoms with Gasteiger partial charge < -0.3 is 5.32 Å². The van der Waals surface area contributed by atoms with Crippen molar-refractivity contribution in [1.29, 1.82) is 5.26 Å². The van der Waals surface area contributed by atoms with Crippen molar-refractivity contribution in [1.82, 2.24) is 4.90 Å². The maximum absolute atomic E-state index is 10.9. The fraction of sp³-hybridized carbons (Fsp3) is 0.533. The van der Waals surface area contributed by atoms with Crippen LogP contribution in [0.4, 0.5) is 11.4 Å². The first-order valence-electron chi connectivity index (χ1n) is 7.22. The number of benzene rings is 1. The van der Waals surface area contributed by atoms with Crippen LogP contribution in [-0.4, -0.2) is 29.5 Å². The molecule has 1 rings (SSSR count). The van der Waals surface area contributed by atoms with Crippen LogP contribution in [0.1, 0.15) is 32.3 Å². The number of hydrogen-bond acceptors (Lipinski definition) is 5. The van der Waals surface area contributed by atoms with Crippen molar-refractivity contribution >= 4 is 11.4 Å². The largest absolute Gasteiger partial charge is 0.385 e. The maximum atomic E-state index is 10.9. The summed E-state index contributed by atoms with van der Waals surface area (Å²) in [5, 5.41) is 22.9.